The quantitative estimate of drug-likeness (QED) is 0.667. The van der Waals surface area contributed by atoms with E-state index in [1.165, 1.54) is 0 Å². The molecule has 0 saturated heterocycles. The molecule has 0 saturated carbocycles. The molecule has 0 spiro atoms. The van der Waals surface area contributed by atoms with Crippen LogP contribution in [-0.2, 0) is 9.47 Å². The van der Waals surface area contributed by atoms with Crippen LogP contribution < -0.4 is 0 Å². The fourth-order valence-electron chi connectivity index (χ4n) is 3.29. The van der Waals surface area contributed by atoms with Crippen molar-refractivity contribution in [2.75, 3.05) is 14.2 Å². The summed E-state index contributed by atoms with van der Waals surface area (Å²) in [6, 6.07) is 7.06. The van der Waals surface area contributed by atoms with Crippen molar-refractivity contribution in [2.24, 2.45) is 0 Å². The molecule has 0 bridgehead atoms. The van der Waals surface area contributed by atoms with Gasteiger partial charge >= 0.3 is 0 Å². The number of carbonyl (C=O) groups excluding carboxylic acids is 2. The van der Waals surface area contributed by atoms with Crippen molar-refractivity contribution in [3.05, 3.63) is 46.5 Å². The number of allylic oxidation sites excluding steroid dienone is 2. The third-order valence-corrected chi connectivity index (χ3v) is 5.07. The molecule has 0 aliphatic heterocycles. The molecule has 2 rings (SSSR count). The molecule has 4 heteroatoms. The Balaban J connectivity index is 2.00. The van der Waals surface area contributed by atoms with E-state index in [2.05, 4.69) is 6.92 Å². The van der Waals surface area contributed by atoms with E-state index in [0.29, 0.717) is 28.7 Å². The third kappa shape index (κ3) is 4.65. The molecular weight excluding hydrogens is 316 g/mol. The predicted octanol–water partition coefficient (Wildman–Crippen LogP) is 4.38. The lowest BCUT2D eigenvalue weighted by Gasteiger charge is -2.21. The molecule has 0 N–H and O–H groups in total. The monoisotopic (exact) mass is 344 g/mol. The van der Waals surface area contributed by atoms with Gasteiger partial charge in [-0.2, -0.15) is 0 Å². The number of carbonyl (C=O) groups is 2. The Morgan fingerprint density at radius 1 is 0.920 bits per heavy atom. The maximum absolute atomic E-state index is 12.7. The van der Waals surface area contributed by atoms with Crippen LogP contribution in [0.5, 0.6) is 0 Å². The van der Waals surface area contributed by atoms with Gasteiger partial charge in [0, 0.05) is 36.5 Å². The molecule has 1 aliphatic carbocycles. The van der Waals surface area contributed by atoms with Crippen molar-refractivity contribution in [2.45, 2.75) is 58.2 Å². The summed E-state index contributed by atoms with van der Waals surface area (Å²) in [5, 5.41) is 0. The summed E-state index contributed by atoms with van der Waals surface area (Å²) in [5.74, 6) is -0.0522. The molecule has 4 nitrogen and oxygen atoms in total. The average Bonchev–Trinajstić information content (AvgIpc) is 2.64. The summed E-state index contributed by atoms with van der Waals surface area (Å²) < 4.78 is 10.8. The van der Waals surface area contributed by atoms with E-state index in [0.717, 1.165) is 25.7 Å². The van der Waals surface area contributed by atoms with Gasteiger partial charge in [0.15, 0.2) is 11.6 Å². The molecule has 0 heterocycles. The molecule has 0 amide bonds. The highest BCUT2D eigenvalue weighted by molar-refractivity contribution is 6.26. The van der Waals surface area contributed by atoms with Crippen LogP contribution in [0.15, 0.2) is 35.4 Å². The zero-order chi connectivity index (χ0) is 18.4. The van der Waals surface area contributed by atoms with Crippen LogP contribution in [0.3, 0.4) is 0 Å². The smallest absolute Gasteiger partial charge is 0.190 e. The standard InChI is InChI=1S/C21H28O4/c1-14(24-3)8-7-9-16(25-4)12-13-17-15(2)20(22)18-10-5-6-11-19(18)21(17)23/h5-6,10-11,14,16H,7-9,12-13H2,1-4H3. The minimum absolute atomic E-state index is 0.0180. The fraction of sp³-hybridized carbons (Fsp3) is 0.524. The Bertz CT molecular complexity index is 660. The van der Waals surface area contributed by atoms with Gasteiger partial charge < -0.3 is 9.47 Å². The summed E-state index contributed by atoms with van der Waals surface area (Å²) in [6.45, 7) is 3.81. The highest BCUT2D eigenvalue weighted by Crippen LogP contribution is 2.29. The summed E-state index contributed by atoms with van der Waals surface area (Å²) in [7, 11) is 3.42. The van der Waals surface area contributed by atoms with E-state index in [4.69, 9.17) is 9.47 Å². The molecule has 0 fully saturated rings. The van der Waals surface area contributed by atoms with E-state index in [9.17, 15) is 9.59 Å². The molecule has 25 heavy (non-hydrogen) atoms. The van der Waals surface area contributed by atoms with Crippen molar-refractivity contribution in [3.8, 4) is 0 Å². The molecule has 136 valence electrons. The number of ketones is 2. The Morgan fingerprint density at radius 2 is 1.56 bits per heavy atom. The second-order valence-electron chi connectivity index (χ2n) is 6.68. The van der Waals surface area contributed by atoms with Gasteiger partial charge in [-0.25, -0.2) is 0 Å². The van der Waals surface area contributed by atoms with Crippen molar-refractivity contribution < 1.29 is 19.1 Å². The summed E-state index contributed by atoms with van der Waals surface area (Å²) >= 11 is 0. The van der Waals surface area contributed by atoms with E-state index >= 15 is 0 Å². The van der Waals surface area contributed by atoms with E-state index in [1.54, 1.807) is 45.4 Å². The zero-order valence-electron chi connectivity index (χ0n) is 15.6. The molecule has 1 aliphatic rings. The van der Waals surface area contributed by atoms with Gasteiger partial charge in [0.2, 0.25) is 0 Å². The minimum Gasteiger partial charge on any atom is -0.382 e. The molecule has 1 aromatic carbocycles. The molecule has 0 radical (unpaired) electrons. The van der Waals surface area contributed by atoms with Crippen LogP contribution in [0.2, 0.25) is 0 Å². The predicted molar refractivity (Wildman–Crippen MR) is 98.2 cm³/mol. The van der Waals surface area contributed by atoms with Crippen LogP contribution >= 0.6 is 0 Å². The van der Waals surface area contributed by atoms with Gasteiger partial charge in [-0.05, 0) is 46.0 Å². The molecular formula is C21H28O4. The van der Waals surface area contributed by atoms with Gasteiger partial charge in [-0.3, -0.25) is 9.59 Å². The maximum Gasteiger partial charge on any atom is 0.190 e. The molecule has 0 aromatic heterocycles. The van der Waals surface area contributed by atoms with Crippen molar-refractivity contribution in [1.82, 2.24) is 0 Å². The minimum atomic E-state index is -0.0342. The second-order valence-corrected chi connectivity index (χ2v) is 6.68. The van der Waals surface area contributed by atoms with Crippen LogP contribution in [0.1, 0.15) is 66.7 Å². The average molecular weight is 344 g/mol. The number of hydrogen-bond donors (Lipinski definition) is 0. The van der Waals surface area contributed by atoms with Crippen LogP contribution in [-0.4, -0.2) is 38.0 Å². The first kappa shape index (κ1) is 19.5. The lowest BCUT2D eigenvalue weighted by atomic mass is 9.82. The summed E-state index contributed by atoms with van der Waals surface area (Å²) in [4.78, 5) is 25.3. The Labute approximate surface area is 150 Å². The number of benzene rings is 1. The van der Waals surface area contributed by atoms with Crippen LogP contribution in [0.4, 0.5) is 0 Å². The second kappa shape index (κ2) is 9.07. The maximum atomic E-state index is 12.7. The number of fused-ring (bicyclic) bond motifs is 1. The zero-order valence-corrected chi connectivity index (χ0v) is 15.6. The summed E-state index contributed by atoms with van der Waals surface area (Å²) in [5.41, 5.74) is 2.25. The molecule has 2 unspecified atom stereocenters. The number of rotatable bonds is 9. The van der Waals surface area contributed by atoms with Gasteiger partial charge in [0.05, 0.1) is 12.2 Å². The highest BCUT2D eigenvalue weighted by atomic mass is 16.5. The largest absolute Gasteiger partial charge is 0.382 e. The third-order valence-electron chi connectivity index (χ3n) is 5.07. The van der Waals surface area contributed by atoms with Gasteiger partial charge in [-0.15, -0.1) is 0 Å². The lowest BCUT2D eigenvalue weighted by Crippen LogP contribution is -2.22. The first-order valence-corrected chi connectivity index (χ1v) is 8.93. The lowest BCUT2D eigenvalue weighted by molar-refractivity contribution is 0.0725. The Morgan fingerprint density at radius 3 is 2.16 bits per heavy atom. The normalized spacial score (nSPS) is 16.8. The number of hydrogen-bond acceptors (Lipinski definition) is 4. The summed E-state index contributed by atoms with van der Waals surface area (Å²) in [6.07, 6.45) is 4.58. The van der Waals surface area contributed by atoms with Crippen molar-refractivity contribution in [3.63, 3.8) is 0 Å². The first-order chi connectivity index (χ1) is 12.0. The number of ether oxygens (including phenoxy) is 2. The SMILES string of the molecule is COC(C)CCCC(CCC1=C(C)C(=O)c2ccccc2C1=O)OC. The fourth-order valence-corrected chi connectivity index (χ4v) is 3.29. The Kier molecular flexibility index (Phi) is 7.09. The van der Waals surface area contributed by atoms with E-state index < -0.39 is 0 Å². The van der Waals surface area contributed by atoms with Crippen LogP contribution in [0.25, 0.3) is 0 Å². The van der Waals surface area contributed by atoms with Crippen LogP contribution in [0, 0.1) is 0 Å². The van der Waals surface area contributed by atoms with Gasteiger partial charge in [-0.1, -0.05) is 24.3 Å². The first-order valence-electron chi connectivity index (χ1n) is 8.93. The number of Topliss-reactive ketones (excluding diaryl/α,β-unsaturated/α-hetero) is 2. The highest BCUT2D eigenvalue weighted by Gasteiger charge is 2.29. The Hall–Kier alpha value is -1.78. The molecule has 1 aromatic rings. The van der Waals surface area contributed by atoms with Gasteiger partial charge in [0.1, 0.15) is 0 Å². The van der Waals surface area contributed by atoms with E-state index in [1.807, 2.05) is 0 Å². The van der Waals surface area contributed by atoms with Crippen molar-refractivity contribution >= 4 is 11.6 Å². The number of methoxy groups -OCH3 is 2. The van der Waals surface area contributed by atoms with Gasteiger partial charge in [0.25, 0.3) is 0 Å². The molecule has 2 atom stereocenters. The van der Waals surface area contributed by atoms with Crippen molar-refractivity contribution in [1.29, 1.82) is 0 Å². The topological polar surface area (TPSA) is 52.6 Å². The van der Waals surface area contributed by atoms with E-state index in [-0.39, 0.29) is 23.8 Å².